The summed E-state index contributed by atoms with van der Waals surface area (Å²) >= 11 is 25.4. The summed E-state index contributed by atoms with van der Waals surface area (Å²) in [6.07, 6.45) is 11.1. The Kier molecular flexibility index (Phi) is 32.1. The van der Waals surface area contributed by atoms with E-state index in [1.807, 2.05) is 74.4 Å². The van der Waals surface area contributed by atoms with Crippen LogP contribution in [0, 0.1) is 0 Å². The molecule has 636 valence electrons. The number of aromatic nitrogens is 7. The number of amides is 1. The normalized spacial score (nSPS) is 11.5. The molecule has 38 heteroatoms. The lowest BCUT2D eigenvalue weighted by Gasteiger charge is -2.19. The lowest BCUT2D eigenvalue weighted by molar-refractivity contribution is -0.117. The van der Waals surface area contributed by atoms with Crippen LogP contribution in [-0.4, -0.2) is 117 Å². The molecular weight excluding hydrogens is 1750 g/mol. The minimum atomic E-state index is -4.06. The van der Waals surface area contributed by atoms with Crippen molar-refractivity contribution in [1.29, 1.82) is 0 Å². The second kappa shape index (κ2) is 41.6. The number of nitrogens with one attached hydrogen (secondary N) is 5. The van der Waals surface area contributed by atoms with Crippen LogP contribution in [0.5, 0.6) is 17.2 Å². The van der Waals surface area contributed by atoms with Gasteiger partial charge in [-0.2, -0.15) is 0 Å². The van der Waals surface area contributed by atoms with Crippen molar-refractivity contribution >= 4 is 156 Å². The molecular formula is C84H82Cl4N14O15S5. The second-order valence-electron chi connectivity index (χ2n) is 28.0. The molecule has 12 rings (SSSR count). The Labute approximate surface area is 730 Å². The molecule has 0 spiro atoms. The number of carbonyl (C=O) groups is 4. The van der Waals surface area contributed by atoms with E-state index >= 15 is 0 Å². The first-order chi connectivity index (χ1) is 57.5. The molecule has 9 N–H and O–H groups in total. The first-order valence-electron chi connectivity index (χ1n) is 36.6. The molecule has 0 aliphatic heterocycles. The van der Waals surface area contributed by atoms with Crippen LogP contribution >= 0.6 is 58.2 Å². The minimum Gasteiger partial charge on any atom is -0.491 e. The van der Waals surface area contributed by atoms with E-state index in [1.165, 1.54) is 146 Å². The number of pyridine rings is 7. The van der Waals surface area contributed by atoms with Crippen LogP contribution in [0.1, 0.15) is 122 Å². The molecule has 12 aromatic rings. The maximum absolute atomic E-state index is 13.1. The first-order valence-corrected chi connectivity index (χ1v) is 44.9. The topological polar surface area (TPSA) is 435 Å². The van der Waals surface area contributed by atoms with Crippen LogP contribution in [0.3, 0.4) is 0 Å². The molecule has 0 aliphatic rings. The molecule has 0 fully saturated rings. The number of ether oxygens (including phenoxy) is 3. The van der Waals surface area contributed by atoms with Crippen molar-refractivity contribution in [3.8, 4) is 17.2 Å². The van der Waals surface area contributed by atoms with Gasteiger partial charge in [-0.1, -0.05) is 109 Å². The first kappa shape index (κ1) is 94.0. The number of primary amides is 1. The van der Waals surface area contributed by atoms with Crippen molar-refractivity contribution in [2.24, 2.45) is 5.73 Å². The molecule has 0 saturated heterocycles. The Morgan fingerprint density at radius 1 is 0.426 bits per heavy atom. The van der Waals surface area contributed by atoms with Crippen LogP contribution in [0.2, 0.25) is 20.1 Å². The summed E-state index contributed by atoms with van der Waals surface area (Å²) in [6, 6.07) is 46.3. The molecule has 0 saturated carbocycles. The van der Waals surface area contributed by atoms with Gasteiger partial charge in [-0.15, -0.1) is 0 Å². The van der Waals surface area contributed by atoms with Gasteiger partial charge in [0.2, 0.25) is 23.3 Å². The Morgan fingerprint density at radius 2 is 0.787 bits per heavy atom. The Morgan fingerprint density at radius 3 is 1.14 bits per heavy atom. The molecule has 7 aromatic heterocycles. The van der Waals surface area contributed by atoms with E-state index in [9.17, 15) is 52.8 Å². The van der Waals surface area contributed by atoms with Crippen molar-refractivity contribution in [2.75, 3.05) is 37.0 Å². The van der Waals surface area contributed by atoms with Crippen molar-refractivity contribution in [1.82, 2.24) is 34.9 Å². The SMILES string of the molecule is CC(C)Oc1ccc(S(=O)(=O)Nc2cc(Cl)cnc2C(=O)c2ccc(N)nc2)cc1.CC(C)Oc1ccc(S(=O)(=O)Nc2cc(Cl)cnc2C(=O)c2cccc(CC(N)=O)c2)cc1.CC(C)Oc1ccc(S(=O)(=O)Nc2cc(Cl)cnc2Sc2ccncc2)cc1.CNc1ccc(C(=O)c2ncc(Cl)cc2NS(=O)(=O)c2ccc(C(C)(C)C)cc2)cn1. The highest BCUT2D eigenvalue weighted by atomic mass is 35.5. The predicted molar refractivity (Wildman–Crippen MR) is 472 cm³/mol. The van der Waals surface area contributed by atoms with Gasteiger partial charge in [0.05, 0.1) is 87.2 Å². The third-order valence-electron chi connectivity index (χ3n) is 16.3. The van der Waals surface area contributed by atoms with Crippen molar-refractivity contribution in [3.05, 3.63) is 297 Å². The number of nitrogens with two attached hydrogens (primary N) is 2. The lowest BCUT2D eigenvalue weighted by Crippen LogP contribution is -2.18. The molecule has 0 aliphatic carbocycles. The minimum absolute atomic E-state index is 0.00455. The van der Waals surface area contributed by atoms with Gasteiger partial charge in [0.25, 0.3) is 40.1 Å². The average Bonchev–Trinajstić information content (AvgIpc) is 0.806. The molecule has 1 amide bonds. The summed E-state index contributed by atoms with van der Waals surface area (Å²) in [5, 5.41) is 4.19. The van der Waals surface area contributed by atoms with Gasteiger partial charge in [-0.3, -0.25) is 43.1 Å². The van der Waals surface area contributed by atoms with E-state index in [0.29, 0.717) is 44.4 Å². The summed E-state index contributed by atoms with van der Waals surface area (Å²) in [6.45, 7) is 17.4. The number of hydrogen-bond donors (Lipinski definition) is 7. The van der Waals surface area contributed by atoms with Crippen molar-refractivity contribution in [2.45, 2.75) is 122 Å². The lowest BCUT2D eigenvalue weighted by atomic mass is 9.87. The quantitative estimate of drug-likeness (QED) is 0.0214. The van der Waals surface area contributed by atoms with Crippen molar-refractivity contribution in [3.63, 3.8) is 0 Å². The fourth-order valence-electron chi connectivity index (χ4n) is 10.7. The maximum atomic E-state index is 13.1. The Balaban J connectivity index is 0.000000185. The second-order valence-corrected chi connectivity index (χ2v) is 37.6. The summed E-state index contributed by atoms with van der Waals surface area (Å²) in [5.41, 5.74) is 12.8. The largest absolute Gasteiger partial charge is 0.491 e. The van der Waals surface area contributed by atoms with Crippen LogP contribution in [0.25, 0.3) is 0 Å². The molecule has 0 unspecified atom stereocenters. The van der Waals surface area contributed by atoms with E-state index < -0.39 is 63.4 Å². The van der Waals surface area contributed by atoms with Gasteiger partial charge in [0, 0.05) is 78.2 Å². The van der Waals surface area contributed by atoms with E-state index in [1.54, 1.807) is 92.2 Å². The summed E-state index contributed by atoms with van der Waals surface area (Å²) in [5.74, 6) is 0.429. The number of nitrogen functional groups attached to an aromatic ring is 1. The fraction of sp³-hybridized carbons (Fsp3) is 0.179. The monoisotopic (exact) mass is 1830 g/mol. The third-order valence-corrected chi connectivity index (χ3v) is 23.7. The molecule has 0 bridgehead atoms. The third kappa shape index (κ3) is 27.1. The van der Waals surface area contributed by atoms with Crippen molar-refractivity contribution < 1.29 is 67.1 Å². The zero-order chi connectivity index (χ0) is 89.0. The summed E-state index contributed by atoms with van der Waals surface area (Å²) in [4.78, 5) is 79.5. The average molecular weight is 1830 g/mol. The smallest absolute Gasteiger partial charge is 0.261 e. The highest BCUT2D eigenvalue weighted by Gasteiger charge is 2.28. The Hall–Kier alpha value is -11.9. The van der Waals surface area contributed by atoms with Crippen LogP contribution in [0.4, 0.5) is 34.4 Å². The molecule has 5 aromatic carbocycles. The Bertz CT molecular complexity index is 6220. The van der Waals surface area contributed by atoms with E-state index in [-0.39, 0.29) is 121 Å². The van der Waals surface area contributed by atoms with Crippen LogP contribution < -0.4 is 49.9 Å². The van der Waals surface area contributed by atoms with E-state index in [4.69, 9.17) is 72.1 Å². The highest BCUT2D eigenvalue weighted by molar-refractivity contribution is 7.99. The van der Waals surface area contributed by atoms with Gasteiger partial charge in [0.1, 0.15) is 51.0 Å². The number of hydrogen-bond acceptors (Lipinski definition) is 25. The number of nitrogens with zero attached hydrogens (tertiary/aromatic N) is 7. The molecule has 0 atom stereocenters. The van der Waals surface area contributed by atoms with Gasteiger partial charge in [-0.05, 0) is 210 Å². The predicted octanol–water partition coefficient (Wildman–Crippen LogP) is 16.5. The standard InChI is InChI=1S/C23H22ClN3O5S.C22H23ClN4O3S.C20H19ClN4O4S.C19H18ClN3O3S2/c1-14(2)32-18-6-8-19(9-7-18)33(30,31)27-20-12-17(24)13-26-22(20)23(29)16-5-3-4-15(10-16)11-21(25)28;1-22(2,3)15-6-8-17(9-7-15)31(29,30)27-18-11-16(23)13-26-20(18)21(28)14-5-10-19(24-4)25-12-14;1-12(2)29-15-4-6-16(7-5-15)30(27,28)25-17-9-14(21)11-24-19(17)20(26)13-3-8-18(22)23-10-13;1-13(2)26-15-3-5-17(6-4-15)28(24,25)23-18-11-14(20)12-22-19(18)27-16-7-9-21-10-8-16/h3-10,12-14,27H,11H2,1-2H3,(H2,25,28);5-13,27H,1-4H3,(H,24,25);3-12,25H,1-2H3,(H2,22,23);3-13,23H,1-2H3. The zero-order valence-electron chi connectivity index (χ0n) is 66.8. The number of benzene rings is 5. The summed E-state index contributed by atoms with van der Waals surface area (Å²) in [7, 11) is -14.1. The number of halogens is 4. The van der Waals surface area contributed by atoms with Gasteiger partial charge < -0.3 is 31.0 Å². The van der Waals surface area contributed by atoms with Crippen LogP contribution in [-0.2, 0) is 56.7 Å². The maximum Gasteiger partial charge on any atom is 0.261 e. The number of sulfonamides is 4. The zero-order valence-corrected chi connectivity index (χ0v) is 73.9. The van der Waals surface area contributed by atoms with Gasteiger partial charge in [-0.25, -0.2) is 63.6 Å². The molecule has 0 radical (unpaired) electrons. The number of ketones is 3. The fourth-order valence-corrected chi connectivity index (χ4v) is 16.4. The molecule has 122 heavy (non-hydrogen) atoms. The summed E-state index contributed by atoms with van der Waals surface area (Å²) < 4.78 is 130. The number of anilines is 6. The number of carbonyl (C=O) groups excluding carboxylic acids is 4. The van der Waals surface area contributed by atoms with E-state index in [2.05, 4.69) is 59.1 Å². The van der Waals surface area contributed by atoms with Gasteiger partial charge >= 0.3 is 0 Å². The van der Waals surface area contributed by atoms with Crippen LogP contribution in [0.15, 0.2) is 261 Å². The van der Waals surface area contributed by atoms with E-state index in [0.717, 1.165) is 10.5 Å². The molecule has 29 nitrogen and oxygen atoms in total. The molecule has 7 heterocycles. The van der Waals surface area contributed by atoms with Gasteiger partial charge in [0.15, 0.2) is 0 Å². The number of rotatable bonds is 29. The highest BCUT2D eigenvalue weighted by Crippen LogP contribution is 2.36.